The van der Waals surface area contributed by atoms with Crippen molar-refractivity contribution in [1.29, 1.82) is 0 Å². The van der Waals surface area contributed by atoms with Crippen LogP contribution in [-0.2, 0) is 0 Å². The molecule has 1 aliphatic rings. The predicted molar refractivity (Wildman–Crippen MR) is 117 cm³/mol. The van der Waals surface area contributed by atoms with Gasteiger partial charge in [-0.3, -0.25) is 14.2 Å². The standard InChI is InChI=1S/C22H25N7O/c1-13-9-27(10-14(2)23-13)17-5-6-21-25-18(8-22(30)28(21)12-17)19-7-20-16(4)24-15(3)11-29(20)26-19/h5-8,11-14,23H,9-10H2,1-4H3/t13-,14-/m0/s1. The minimum absolute atomic E-state index is 0.115. The molecule has 0 unspecified atom stereocenters. The van der Waals surface area contributed by atoms with Crippen LogP contribution in [0.4, 0.5) is 5.69 Å². The molecule has 8 nitrogen and oxygen atoms in total. The quantitative estimate of drug-likeness (QED) is 0.553. The van der Waals surface area contributed by atoms with E-state index in [1.54, 1.807) is 15.0 Å². The number of anilines is 1. The highest BCUT2D eigenvalue weighted by Crippen LogP contribution is 2.21. The first kappa shape index (κ1) is 18.7. The summed E-state index contributed by atoms with van der Waals surface area (Å²) in [4.78, 5) is 24.4. The number of aromatic nitrogens is 5. The zero-order chi connectivity index (χ0) is 21.0. The summed E-state index contributed by atoms with van der Waals surface area (Å²) < 4.78 is 3.41. The van der Waals surface area contributed by atoms with Gasteiger partial charge < -0.3 is 10.2 Å². The van der Waals surface area contributed by atoms with Crippen LogP contribution in [0.15, 0.2) is 41.5 Å². The van der Waals surface area contributed by atoms with E-state index in [-0.39, 0.29) is 5.56 Å². The molecule has 0 bridgehead atoms. The van der Waals surface area contributed by atoms with Crippen molar-refractivity contribution in [3.63, 3.8) is 0 Å². The fourth-order valence-electron chi connectivity index (χ4n) is 4.36. The number of aryl methyl sites for hydroxylation is 2. The Morgan fingerprint density at radius 3 is 2.53 bits per heavy atom. The molecule has 0 spiro atoms. The second-order valence-electron chi connectivity index (χ2n) is 8.30. The second kappa shape index (κ2) is 6.91. The summed E-state index contributed by atoms with van der Waals surface area (Å²) >= 11 is 0. The molecule has 4 aromatic heterocycles. The largest absolute Gasteiger partial charge is 0.367 e. The number of pyridine rings is 1. The Bertz CT molecular complexity index is 1310. The topological polar surface area (TPSA) is 79.8 Å². The zero-order valence-electron chi connectivity index (χ0n) is 17.6. The smallest absolute Gasteiger partial charge is 0.258 e. The van der Waals surface area contributed by atoms with Gasteiger partial charge >= 0.3 is 0 Å². The molecule has 0 saturated carbocycles. The lowest BCUT2D eigenvalue weighted by atomic mass is 10.1. The molecule has 1 fully saturated rings. The van der Waals surface area contributed by atoms with Crippen molar-refractivity contribution in [3.8, 4) is 11.4 Å². The van der Waals surface area contributed by atoms with Crippen LogP contribution in [0.3, 0.4) is 0 Å². The summed E-state index contributed by atoms with van der Waals surface area (Å²) in [5.74, 6) is 0. The molecule has 0 aromatic carbocycles. The van der Waals surface area contributed by atoms with Crippen LogP contribution in [0.2, 0.25) is 0 Å². The maximum atomic E-state index is 12.9. The highest BCUT2D eigenvalue weighted by molar-refractivity contribution is 5.66. The molecule has 30 heavy (non-hydrogen) atoms. The number of nitrogens with one attached hydrogen (secondary N) is 1. The van der Waals surface area contributed by atoms with E-state index in [4.69, 9.17) is 4.98 Å². The Hall–Kier alpha value is -3.26. The first-order valence-electron chi connectivity index (χ1n) is 10.3. The van der Waals surface area contributed by atoms with E-state index in [0.29, 0.717) is 29.1 Å². The highest BCUT2D eigenvalue weighted by Gasteiger charge is 2.21. The minimum Gasteiger partial charge on any atom is -0.367 e. The van der Waals surface area contributed by atoms with Gasteiger partial charge in [-0.2, -0.15) is 5.10 Å². The normalized spacial score (nSPS) is 19.7. The van der Waals surface area contributed by atoms with Crippen LogP contribution in [0.25, 0.3) is 22.6 Å². The summed E-state index contributed by atoms with van der Waals surface area (Å²) in [7, 11) is 0. The molecule has 8 heteroatoms. The van der Waals surface area contributed by atoms with Crippen LogP contribution >= 0.6 is 0 Å². The summed E-state index contributed by atoms with van der Waals surface area (Å²) in [6.45, 7) is 10.1. The lowest BCUT2D eigenvalue weighted by molar-refractivity contribution is 0.407. The third-order valence-electron chi connectivity index (χ3n) is 5.59. The molecule has 1 N–H and O–H groups in total. The Labute approximate surface area is 174 Å². The van der Waals surface area contributed by atoms with E-state index in [0.717, 1.165) is 35.7 Å². The van der Waals surface area contributed by atoms with Gasteiger partial charge in [0.15, 0.2) is 0 Å². The highest BCUT2D eigenvalue weighted by atomic mass is 16.1. The van der Waals surface area contributed by atoms with E-state index < -0.39 is 0 Å². The summed E-state index contributed by atoms with van der Waals surface area (Å²) in [6, 6.07) is 8.23. The van der Waals surface area contributed by atoms with E-state index in [2.05, 4.69) is 34.1 Å². The first-order chi connectivity index (χ1) is 14.4. The van der Waals surface area contributed by atoms with Crippen molar-refractivity contribution >= 4 is 16.9 Å². The van der Waals surface area contributed by atoms with E-state index >= 15 is 0 Å². The molecule has 4 aromatic rings. The van der Waals surface area contributed by atoms with Gasteiger partial charge in [-0.05, 0) is 45.9 Å². The van der Waals surface area contributed by atoms with Crippen LogP contribution in [0.1, 0.15) is 25.2 Å². The van der Waals surface area contributed by atoms with Gasteiger partial charge in [0.05, 0.1) is 34.5 Å². The van der Waals surface area contributed by atoms with E-state index in [9.17, 15) is 4.79 Å². The van der Waals surface area contributed by atoms with Gasteiger partial charge in [0.25, 0.3) is 5.56 Å². The second-order valence-corrected chi connectivity index (χ2v) is 8.30. The van der Waals surface area contributed by atoms with Crippen LogP contribution in [0.5, 0.6) is 0 Å². The van der Waals surface area contributed by atoms with E-state index in [1.165, 1.54) is 0 Å². The molecule has 2 atom stereocenters. The number of hydrogen-bond donors (Lipinski definition) is 1. The van der Waals surface area contributed by atoms with Crippen molar-refractivity contribution in [3.05, 3.63) is 58.4 Å². The number of fused-ring (bicyclic) bond motifs is 2. The molecular weight excluding hydrogens is 378 g/mol. The molecular formula is C22H25N7O. The Morgan fingerprint density at radius 1 is 1.00 bits per heavy atom. The Morgan fingerprint density at radius 2 is 1.77 bits per heavy atom. The fraction of sp³-hybridized carbons (Fsp3) is 0.364. The van der Waals surface area contributed by atoms with Gasteiger partial charge in [-0.1, -0.05) is 0 Å². The van der Waals surface area contributed by atoms with Crippen LogP contribution in [-0.4, -0.2) is 49.2 Å². The van der Waals surface area contributed by atoms with Gasteiger partial charge in [0, 0.05) is 37.4 Å². The van der Waals surface area contributed by atoms with E-state index in [1.807, 2.05) is 44.4 Å². The summed E-state index contributed by atoms with van der Waals surface area (Å²) in [5.41, 5.74) is 5.47. The molecule has 0 radical (unpaired) electrons. The van der Waals surface area contributed by atoms with Crippen molar-refractivity contribution < 1.29 is 0 Å². The summed E-state index contributed by atoms with van der Waals surface area (Å²) in [5, 5.41) is 8.15. The molecule has 154 valence electrons. The molecule has 5 heterocycles. The summed E-state index contributed by atoms with van der Waals surface area (Å²) in [6.07, 6.45) is 3.77. The van der Waals surface area contributed by atoms with Crippen molar-refractivity contribution in [2.45, 2.75) is 39.8 Å². The Balaban J connectivity index is 1.56. The van der Waals surface area contributed by atoms with Crippen molar-refractivity contribution in [1.82, 2.24) is 29.3 Å². The Kier molecular flexibility index (Phi) is 4.32. The van der Waals surface area contributed by atoms with Crippen LogP contribution in [0, 0.1) is 13.8 Å². The number of hydrogen-bond acceptors (Lipinski definition) is 6. The van der Waals surface area contributed by atoms with Gasteiger partial charge in [-0.15, -0.1) is 0 Å². The lowest BCUT2D eigenvalue weighted by Crippen LogP contribution is -2.54. The molecule has 0 aliphatic carbocycles. The predicted octanol–water partition coefficient (Wildman–Crippen LogP) is 2.21. The minimum atomic E-state index is -0.115. The average molecular weight is 403 g/mol. The number of rotatable bonds is 2. The van der Waals surface area contributed by atoms with Gasteiger partial charge in [-0.25, -0.2) is 9.50 Å². The molecule has 5 rings (SSSR count). The number of piperazine rings is 1. The van der Waals surface area contributed by atoms with Crippen molar-refractivity contribution in [2.24, 2.45) is 0 Å². The van der Waals surface area contributed by atoms with Crippen molar-refractivity contribution in [2.75, 3.05) is 18.0 Å². The first-order valence-corrected chi connectivity index (χ1v) is 10.3. The maximum Gasteiger partial charge on any atom is 0.258 e. The molecule has 1 aliphatic heterocycles. The average Bonchev–Trinajstić information content (AvgIpc) is 3.11. The SMILES string of the molecule is Cc1cn2nc(-c3cc(=O)n4cc(N5C[C@H](C)N[C@@H](C)C5)ccc4n3)cc2c(C)n1. The van der Waals surface area contributed by atoms with Crippen LogP contribution < -0.4 is 15.8 Å². The fourth-order valence-corrected chi connectivity index (χ4v) is 4.36. The molecule has 0 amide bonds. The molecule has 1 saturated heterocycles. The zero-order valence-corrected chi connectivity index (χ0v) is 17.6. The monoisotopic (exact) mass is 403 g/mol. The third kappa shape index (κ3) is 3.23. The number of nitrogens with zero attached hydrogens (tertiary/aromatic N) is 6. The maximum absolute atomic E-state index is 12.9. The lowest BCUT2D eigenvalue weighted by Gasteiger charge is -2.37. The van der Waals surface area contributed by atoms with Gasteiger partial charge in [0.2, 0.25) is 0 Å². The van der Waals surface area contributed by atoms with Gasteiger partial charge in [0.1, 0.15) is 11.3 Å². The third-order valence-corrected chi connectivity index (χ3v) is 5.59.